The Morgan fingerprint density at radius 3 is 2.16 bits per heavy atom. The van der Waals surface area contributed by atoms with Crippen LogP contribution in [0.15, 0.2) is 78.9 Å². The van der Waals surface area contributed by atoms with Crippen LogP contribution >= 0.6 is 0 Å². The molecule has 0 aromatic heterocycles. The number of halogens is 1. The molecule has 2 fully saturated rings. The normalized spacial score (nSPS) is 22.8. The lowest BCUT2D eigenvalue weighted by atomic mass is 9.90. The molecule has 3 atom stereocenters. The lowest BCUT2D eigenvalue weighted by Crippen LogP contribution is -2.37. The molecular weight excluding hydrogens is 395 g/mol. The molecule has 2 aliphatic heterocycles. The Morgan fingerprint density at radius 1 is 0.839 bits per heavy atom. The number of imide groups is 1. The fourth-order valence-corrected chi connectivity index (χ4v) is 4.35. The van der Waals surface area contributed by atoms with Crippen molar-refractivity contribution in [2.75, 3.05) is 9.96 Å². The number of hydroxylamine groups is 1. The van der Waals surface area contributed by atoms with E-state index in [0.29, 0.717) is 11.3 Å². The lowest BCUT2D eigenvalue weighted by molar-refractivity contribution is -0.126. The molecule has 2 saturated heterocycles. The van der Waals surface area contributed by atoms with E-state index in [0.717, 1.165) is 17.7 Å². The summed E-state index contributed by atoms with van der Waals surface area (Å²) in [4.78, 5) is 34.0. The third-order valence-electron chi connectivity index (χ3n) is 5.94. The van der Waals surface area contributed by atoms with Crippen molar-refractivity contribution in [2.24, 2.45) is 5.92 Å². The average Bonchev–Trinajstić information content (AvgIpc) is 3.31. The van der Waals surface area contributed by atoms with Crippen LogP contribution in [0.25, 0.3) is 0 Å². The van der Waals surface area contributed by atoms with Crippen molar-refractivity contribution in [2.45, 2.75) is 25.5 Å². The van der Waals surface area contributed by atoms with E-state index in [2.05, 4.69) is 0 Å². The smallest absolute Gasteiger partial charge is 0.266 e. The highest BCUT2D eigenvalue weighted by atomic mass is 19.1. The van der Waals surface area contributed by atoms with Crippen LogP contribution in [0.1, 0.15) is 24.1 Å². The molecule has 3 unspecified atom stereocenters. The summed E-state index contributed by atoms with van der Waals surface area (Å²) in [6, 6.07) is 22.2. The van der Waals surface area contributed by atoms with Crippen LogP contribution in [0.3, 0.4) is 0 Å². The van der Waals surface area contributed by atoms with Crippen LogP contribution < -0.4 is 9.96 Å². The van der Waals surface area contributed by atoms with Crippen LogP contribution in [-0.4, -0.2) is 17.9 Å². The van der Waals surface area contributed by atoms with Gasteiger partial charge in [-0.2, -0.15) is 0 Å². The first-order chi connectivity index (χ1) is 15.1. The molecular formula is C25H21FN2O3. The molecule has 2 amide bonds. The van der Waals surface area contributed by atoms with Gasteiger partial charge in [0.25, 0.3) is 5.91 Å². The van der Waals surface area contributed by atoms with Crippen LogP contribution in [0, 0.1) is 11.7 Å². The topological polar surface area (TPSA) is 49.9 Å². The molecule has 2 aliphatic rings. The van der Waals surface area contributed by atoms with Gasteiger partial charge in [-0.15, -0.1) is 0 Å². The number of carbonyl (C=O) groups is 2. The van der Waals surface area contributed by atoms with Crippen molar-refractivity contribution < 1.29 is 18.8 Å². The zero-order valence-corrected chi connectivity index (χ0v) is 16.9. The van der Waals surface area contributed by atoms with Gasteiger partial charge in [0.1, 0.15) is 11.7 Å². The number of carbonyl (C=O) groups excluding carboxylic acids is 2. The van der Waals surface area contributed by atoms with Crippen molar-refractivity contribution in [1.29, 1.82) is 0 Å². The minimum atomic E-state index is -0.936. The average molecular weight is 416 g/mol. The van der Waals surface area contributed by atoms with Crippen molar-refractivity contribution in [3.8, 4) is 0 Å². The van der Waals surface area contributed by atoms with Gasteiger partial charge in [0.2, 0.25) is 5.91 Å². The lowest BCUT2D eigenvalue weighted by Gasteiger charge is -2.28. The molecule has 2 heterocycles. The van der Waals surface area contributed by atoms with Crippen LogP contribution in [-0.2, 0) is 20.8 Å². The zero-order valence-electron chi connectivity index (χ0n) is 16.9. The van der Waals surface area contributed by atoms with E-state index in [4.69, 9.17) is 4.84 Å². The first-order valence-corrected chi connectivity index (χ1v) is 10.3. The Kier molecular flexibility index (Phi) is 4.79. The summed E-state index contributed by atoms with van der Waals surface area (Å²) in [6.07, 6.45) is -0.0662. The quantitative estimate of drug-likeness (QED) is 0.590. The SMILES string of the molecule is CCc1ccc(N2C(=O)C3ON(c4ccccc4)C(c4ccc(F)cc4)C3C2=O)cc1. The second kappa shape index (κ2) is 7.63. The molecule has 0 saturated carbocycles. The van der Waals surface area contributed by atoms with E-state index in [1.54, 1.807) is 29.3 Å². The second-order valence-electron chi connectivity index (χ2n) is 7.74. The Morgan fingerprint density at radius 2 is 1.52 bits per heavy atom. The van der Waals surface area contributed by atoms with Crippen molar-refractivity contribution in [3.63, 3.8) is 0 Å². The summed E-state index contributed by atoms with van der Waals surface area (Å²) >= 11 is 0. The largest absolute Gasteiger partial charge is 0.273 e. The third kappa shape index (κ3) is 3.20. The molecule has 0 bridgehead atoms. The Labute approximate surface area is 179 Å². The zero-order chi connectivity index (χ0) is 21.5. The Bertz CT molecular complexity index is 1120. The van der Waals surface area contributed by atoms with Gasteiger partial charge in [-0.1, -0.05) is 49.4 Å². The molecule has 0 aliphatic carbocycles. The Balaban J connectivity index is 1.56. The standard InChI is InChI=1S/C25H21FN2O3/c1-2-16-8-14-19(15-9-16)27-24(29)21-22(17-10-12-18(26)13-11-17)28(31-23(21)25(27)30)20-6-4-3-5-7-20/h3-15,21-23H,2H2,1H3. The van der Waals surface area contributed by atoms with E-state index >= 15 is 0 Å². The van der Waals surface area contributed by atoms with Gasteiger partial charge in [0.15, 0.2) is 6.10 Å². The molecule has 6 heteroatoms. The molecule has 3 aromatic carbocycles. The van der Waals surface area contributed by atoms with Crippen molar-refractivity contribution in [3.05, 3.63) is 95.8 Å². The maximum absolute atomic E-state index is 13.6. The van der Waals surface area contributed by atoms with Crippen LogP contribution in [0.5, 0.6) is 0 Å². The van der Waals surface area contributed by atoms with E-state index in [9.17, 15) is 14.0 Å². The molecule has 0 radical (unpaired) electrons. The monoisotopic (exact) mass is 416 g/mol. The van der Waals surface area contributed by atoms with Gasteiger partial charge in [0, 0.05) is 0 Å². The number of hydrogen-bond donors (Lipinski definition) is 0. The van der Waals surface area contributed by atoms with E-state index in [-0.39, 0.29) is 17.6 Å². The highest BCUT2D eigenvalue weighted by Gasteiger charge is 2.60. The number of nitrogens with zero attached hydrogens (tertiary/aromatic N) is 2. The molecule has 156 valence electrons. The first kappa shape index (κ1) is 19.5. The molecule has 5 nitrogen and oxygen atoms in total. The number of amides is 2. The van der Waals surface area contributed by atoms with E-state index in [1.165, 1.54) is 17.0 Å². The van der Waals surface area contributed by atoms with Gasteiger partial charge < -0.3 is 0 Å². The molecule has 3 aromatic rings. The Hall–Kier alpha value is -3.51. The van der Waals surface area contributed by atoms with Crippen molar-refractivity contribution in [1.82, 2.24) is 0 Å². The summed E-state index contributed by atoms with van der Waals surface area (Å²) in [5.41, 5.74) is 3.10. The number of para-hydroxylation sites is 1. The van der Waals surface area contributed by atoms with E-state index < -0.39 is 18.1 Å². The van der Waals surface area contributed by atoms with Crippen LogP contribution in [0.2, 0.25) is 0 Å². The van der Waals surface area contributed by atoms with E-state index in [1.807, 2.05) is 49.4 Å². The number of fused-ring (bicyclic) bond motifs is 1. The second-order valence-corrected chi connectivity index (χ2v) is 7.74. The summed E-state index contributed by atoms with van der Waals surface area (Å²) in [7, 11) is 0. The number of anilines is 2. The third-order valence-corrected chi connectivity index (χ3v) is 5.94. The number of benzene rings is 3. The summed E-state index contributed by atoms with van der Waals surface area (Å²) in [5.74, 6) is -1.79. The number of hydrogen-bond acceptors (Lipinski definition) is 4. The first-order valence-electron chi connectivity index (χ1n) is 10.3. The number of aryl methyl sites for hydroxylation is 1. The molecule has 0 spiro atoms. The maximum atomic E-state index is 13.6. The summed E-state index contributed by atoms with van der Waals surface area (Å²) in [5, 5.41) is 1.61. The van der Waals surface area contributed by atoms with Crippen LogP contribution in [0.4, 0.5) is 15.8 Å². The molecule has 31 heavy (non-hydrogen) atoms. The summed E-state index contributed by atoms with van der Waals surface area (Å²) in [6.45, 7) is 2.05. The minimum Gasteiger partial charge on any atom is -0.273 e. The fourth-order valence-electron chi connectivity index (χ4n) is 4.35. The summed E-state index contributed by atoms with van der Waals surface area (Å²) < 4.78 is 13.6. The molecule has 0 N–H and O–H groups in total. The van der Waals surface area contributed by atoms with Gasteiger partial charge >= 0.3 is 0 Å². The predicted molar refractivity (Wildman–Crippen MR) is 115 cm³/mol. The highest BCUT2D eigenvalue weighted by molar-refractivity contribution is 6.23. The van der Waals surface area contributed by atoms with Gasteiger partial charge in [0.05, 0.1) is 17.4 Å². The van der Waals surface area contributed by atoms with Gasteiger partial charge in [-0.3, -0.25) is 14.4 Å². The predicted octanol–water partition coefficient (Wildman–Crippen LogP) is 4.44. The minimum absolute atomic E-state index is 0.313. The fraction of sp³-hybridized carbons (Fsp3) is 0.200. The number of rotatable bonds is 4. The highest BCUT2D eigenvalue weighted by Crippen LogP contribution is 2.47. The van der Waals surface area contributed by atoms with Crippen molar-refractivity contribution >= 4 is 23.2 Å². The maximum Gasteiger partial charge on any atom is 0.266 e. The van der Waals surface area contributed by atoms with Gasteiger partial charge in [-0.05, 0) is 53.9 Å². The molecule has 5 rings (SSSR count). The van der Waals surface area contributed by atoms with Gasteiger partial charge in [-0.25, -0.2) is 14.4 Å².